The van der Waals surface area contributed by atoms with Crippen molar-refractivity contribution in [3.63, 3.8) is 0 Å². The minimum absolute atomic E-state index is 0.184. The number of rotatable bonds is 2. The third-order valence-corrected chi connectivity index (χ3v) is 6.68. The number of benzene rings is 3. The molecule has 0 bridgehead atoms. The number of hydrogen-bond acceptors (Lipinski definition) is 1. The molecule has 0 saturated heterocycles. The fourth-order valence-electron chi connectivity index (χ4n) is 5.34. The molecule has 4 aromatic rings. The molecular weight excluding hydrogens is 364 g/mol. The number of nitrogens with one attached hydrogen (secondary N) is 1. The van der Waals surface area contributed by atoms with Crippen LogP contribution in [0.15, 0.2) is 97.6 Å². The maximum atomic E-state index is 4.24. The fourth-order valence-corrected chi connectivity index (χ4v) is 5.34. The molecule has 0 radical (unpaired) electrons. The van der Waals surface area contributed by atoms with Gasteiger partial charge in [-0.25, -0.2) is 0 Å². The maximum absolute atomic E-state index is 4.24. The van der Waals surface area contributed by atoms with Gasteiger partial charge in [-0.1, -0.05) is 84.9 Å². The quantitative estimate of drug-likeness (QED) is 0.392. The lowest BCUT2D eigenvalue weighted by Crippen LogP contribution is -2.36. The third kappa shape index (κ3) is 2.54. The molecule has 0 saturated carbocycles. The highest BCUT2D eigenvalue weighted by Crippen LogP contribution is 2.46. The van der Waals surface area contributed by atoms with Crippen LogP contribution in [0.5, 0.6) is 0 Å². The van der Waals surface area contributed by atoms with E-state index in [1.807, 2.05) is 0 Å². The van der Waals surface area contributed by atoms with Gasteiger partial charge in [0.15, 0.2) is 0 Å². The first-order valence-electron chi connectivity index (χ1n) is 10.7. The van der Waals surface area contributed by atoms with Gasteiger partial charge in [-0.3, -0.25) is 4.90 Å². The van der Waals surface area contributed by atoms with Crippen molar-refractivity contribution in [3.8, 4) is 0 Å². The second kappa shape index (κ2) is 6.86. The maximum Gasteiger partial charge on any atom is 0.0703 e. The van der Waals surface area contributed by atoms with Crippen molar-refractivity contribution in [2.24, 2.45) is 0 Å². The van der Waals surface area contributed by atoms with Gasteiger partial charge in [-0.2, -0.15) is 0 Å². The molecule has 0 amide bonds. The molecule has 0 fully saturated rings. The van der Waals surface area contributed by atoms with Crippen LogP contribution in [0.3, 0.4) is 0 Å². The predicted molar refractivity (Wildman–Crippen MR) is 124 cm³/mol. The Labute approximate surface area is 177 Å². The van der Waals surface area contributed by atoms with E-state index in [1.54, 1.807) is 0 Å². The minimum Gasteiger partial charge on any atom is -0.357 e. The van der Waals surface area contributed by atoms with E-state index >= 15 is 0 Å². The lowest BCUT2D eigenvalue weighted by molar-refractivity contribution is 0.179. The van der Waals surface area contributed by atoms with Crippen molar-refractivity contribution in [1.29, 1.82) is 0 Å². The van der Waals surface area contributed by atoms with E-state index in [1.165, 1.54) is 44.4 Å². The lowest BCUT2D eigenvalue weighted by Gasteiger charge is -2.38. The summed E-state index contributed by atoms with van der Waals surface area (Å²) < 4.78 is 0. The lowest BCUT2D eigenvalue weighted by atomic mass is 9.91. The molecule has 1 aromatic heterocycles. The predicted octanol–water partition coefficient (Wildman–Crippen LogP) is 6.44. The van der Waals surface area contributed by atoms with E-state index in [0.29, 0.717) is 0 Å². The number of H-pyrrole nitrogens is 1. The summed E-state index contributed by atoms with van der Waals surface area (Å²) in [5, 5.41) is 1.36. The third-order valence-electron chi connectivity index (χ3n) is 6.68. The van der Waals surface area contributed by atoms with E-state index in [0.717, 1.165) is 13.0 Å². The molecule has 2 atom stereocenters. The van der Waals surface area contributed by atoms with Crippen LogP contribution in [-0.4, -0.2) is 16.4 Å². The highest BCUT2D eigenvalue weighted by molar-refractivity contribution is 5.87. The molecule has 146 valence electrons. The van der Waals surface area contributed by atoms with Gasteiger partial charge in [0.25, 0.3) is 0 Å². The van der Waals surface area contributed by atoms with Crippen LogP contribution >= 0.6 is 0 Å². The van der Waals surface area contributed by atoms with Crippen molar-refractivity contribution in [3.05, 3.63) is 126 Å². The minimum atomic E-state index is 0.184. The average Bonchev–Trinajstić information content (AvgIpc) is 3.11. The Morgan fingerprint density at radius 3 is 2.53 bits per heavy atom. The number of hydrogen-bond donors (Lipinski definition) is 1. The Hall–Kier alpha value is -3.36. The topological polar surface area (TPSA) is 19.0 Å². The van der Waals surface area contributed by atoms with Crippen LogP contribution in [0.25, 0.3) is 16.5 Å². The SMILES string of the molecule is C=C[C@@H]1c2ccccc2C(c2ccccc2)=C[C@H]2c3[nH]c4ccccc4c3CCN12. The van der Waals surface area contributed by atoms with Crippen LogP contribution in [0.2, 0.25) is 0 Å². The summed E-state index contributed by atoms with van der Waals surface area (Å²) in [4.78, 5) is 6.36. The Kier molecular flexibility index (Phi) is 4.00. The fraction of sp³-hybridized carbons (Fsp3) is 0.143. The molecule has 2 aliphatic rings. The molecule has 3 heterocycles. The normalized spacial score (nSPS) is 20.6. The van der Waals surface area contributed by atoms with Crippen LogP contribution in [0.4, 0.5) is 0 Å². The van der Waals surface area contributed by atoms with Crippen molar-refractivity contribution in [1.82, 2.24) is 9.88 Å². The van der Waals surface area contributed by atoms with E-state index < -0.39 is 0 Å². The van der Waals surface area contributed by atoms with Gasteiger partial charge in [0.05, 0.1) is 12.1 Å². The van der Waals surface area contributed by atoms with E-state index in [2.05, 4.69) is 107 Å². The largest absolute Gasteiger partial charge is 0.357 e. The molecule has 3 aromatic carbocycles. The van der Waals surface area contributed by atoms with E-state index in [4.69, 9.17) is 0 Å². The number of aromatic amines is 1. The average molecular weight is 389 g/mol. The summed E-state index contributed by atoms with van der Waals surface area (Å²) >= 11 is 0. The zero-order valence-electron chi connectivity index (χ0n) is 16.9. The van der Waals surface area contributed by atoms with Gasteiger partial charge in [0, 0.05) is 23.1 Å². The molecule has 0 spiro atoms. The second-order valence-electron chi connectivity index (χ2n) is 8.21. The Morgan fingerprint density at radius 1 is 0.900 bits per heavy atom. The van der Waals surface area contributed by atoms with Crippen LogP contribution in [-0.2, 0) is 6.42 Å². The number of nitrogens with zero attached hydrogens (tertiary/aromatic N) is 1. The number of fused-ring (bicyclic) bond motifs is 6. The van der Waals surface area contributed by atoms with Crippen molar-refractivity contribution >= 4 is 16.5 Å². The summed E-state index contributed by atoms with van der Waals surface area (Å²) in [5.41, 5.74) is 9.23. The molecule has 2 heteroatoms. The summed E-state index contributed by atoms with van der Waals surface area (Å²) in [6.45, 7) is 5.25. The number of aromatic nitrogens is 1. The van der Waals surface area contributed by atoms with Gasteiger partial charge >= 0.3 is 0 Å². The van der Waals surface area contributed by atoms with Crippen molar-refractivity contribution in [2.45, 2.75) is 18.5 Å². The Morgan fingerprint density at radius 2 is 1.67 bits per heavy atom. The van der Waals surface area contributed by atoms with E-state index in [-0.39, 0.29) is 12.1 Å². The summed E-state index contributed by atoms with van der Waals surface area (Å²) in [6.07, 6.45) is 5.63. The van der Waals surface area contributed by atoms with E-state index in [9.17, 15) is 0 Å². The standard InChI is InChI=1S/C28H24N2/c1-2-26-22-14-7-6-12-20(22)24(19-10-4-3-5-11-19)18-27-28-23(16-17-30(26)27)21-13-8-9-15-25(21)29-28/h2-15,18,26-27,29H,1,16-17H2/t26-,27+/m1/s1. The monoisotopic (exact) mass is 388 g/mol. The smallest absolute Gasteiger partial charge is 0.0703 e. The molecular formula is C28H24N2. The molecule has 2 aliphatic heterocycles. The first-order valence-corrected chi connectivity index (χ1v) is 10.7. The van der Waals surface area contributed by atoms with Gasteiger partial charge < -0.3 is 4.98 Å². The summed E-state index contributed by atoms with van der Waals surface area (Å²) in [5.74, 6) is 0. The Balaban J connectivity index is 1.64. The van der Waals surface area contributed by atoms with Crippen molar-refractivity contribution in [2.75, 3.05) is 6.54 Å². The highest BCUT2D eigenvalue weighted by Gasteiger charge is 2.36. The first-order chi connectivity index (χ1) is 14.8. The molecule has 1 N–H and O–H groups in total. The Bertz CT molecular complexity index is 1280. The zero-order chi connectivity index (χ0) is 20.1. The van der Waals surface area contributed by atoms with Gasteiger partial charge in [-0.05, 0) is 40.3 Å². The van der Waals surface area contributed by atoms with Crippen LogP contribution in [0.1, 0.15) is 40.0 Å². The van der Waals surface area contributed by atoms with Crippen LogP contribution < -0.4 is 0 Å². The van der Waals surface area contributed by atoms with Crippen molar-refractivity contribution < 1.29 is 0 Å². The highest BCUT2D eigenvalue weighted by atomic mass is 15.2. The molecule has 0 aliphatic carbocycles. The van der Waals surface area contributed by atoms with Gasteiger partial charge in [0.1, 0.15) is 0 Å². The number of para-hydroxylation sites is 1. The van der Waals surface area contributed by atoms with Crippen LogP contribution in [0, 0.1) is 0 Å². The second-order valence-corrected chi connectivity index (χ2v) is 8.21. The first kappa shape index (κ1) is 17.5. The molecule has 6 rings (SSSR count). The van der Waals surface area contributed by atoms with Gasteiger partial charge in [0.2, 0.25) is 0 Å². The molecule has 2 nitrogen and oxygen atoms in total. The van der Waals surface area contributed by atoms with Gasteiger partial charge in [-0.15, -0.1) is 6.58 Å². The zero-order valence-corrected chi connectivity index (χ0v) is 16.9. The molecule has 0 unspecified atom stereocenters. The summed E-state index contributed by atoms with van der Waals surface area (Å²) in [6, 6.07) is 28.7. The summed E-state index contributed by atoms with van der Waals surface area (Å²) in [7, 11) is 0. The molecule has 30 heavy (non-hydrogen) atoms.